The van der Waals surface area contributed by atoms with Crippen LogP contribution in [0.25, 0.3) is 15.9 Å². The average Bonchev–Trinajstić information content (AvgIpc) is 3.17. The highest BCUT2D eigenvalue weighted by molar-refractivity contribution is 7.20. The lowest BCUT2D eigenvalue weighted by molar-refractivity contribution is 0.103. The van der Waals surface area contributed by atoms with Gasteiger partial charge in [-0.05, 0) is 44.2 Å². The van der Waals surface area contributed by atoms with Crippen LogP contribution in [0.4, 0.5) is 5.82 Å². The molecule has 0 unspecified atom stereocenters. The Kier molecular flexibility index (Phi) is 3.82. The van der Waals surface area contributed by atoms with E-state index in [0.717, 1.165) is 27.3 Å². The highest BCUT2D eigenvalue weighted by Gasteiger charge is 2.17. The summed E-state index contributed by atoms with van der Waals surface area (Å²) >= 11 is 1.43. The van der Waals surface area contributed by atoms with Crippen molar-refractivity contribution in [3.63, 3.8) is 0 Å². The fourth-order valence-electron chi connectivity index (χ4n) is 2.69. The molecule has 0 saturated carbocycles. The van der Waals surface area contributed by atoms with Crippen LogP contribution in [-0.4, -0.2) is 20.7 Å². The average molecular weight is 348 g/mol. The van der Waals surface area contributed by atoms with Gasteiger partial charge in [-0.3, -0.25) is 4.79 Å². The molecule has 4 rings (SSSR count). The topological polar surface area (TPSA) is 59.8 Å². The van der Waals surface area contributed by atoms with Crippen molar-refractivity contribution in [3.8, 4) is 5.69 Å². The third kappa shape index (κ3) is 2.92. The van der Waals surface area contributed by atoms with Crippen LogP contribution in [0, 0.1) is 13.8 Å². The zero-order chi connectivity index (χ0) is 17.4. The maximum Gasteiger partial charge on any atom is 0.266 e. The number of thiophene rings is 1. The van der Waals surface area contributed by atoms with Crippen molar-refractivity contribution in [1.29, 1.82) is 0 Å². The number of fused-ring (bicyclic) bond motifs is 1. The van der Waals surface area contributed by atoms with Crippen LogP contribution >= 0.6 is 11.3 Å². The Labute approximate surface area is 149 Å². The molecule has 5 nitrogen and oxygen atoms in total. The Bertz CT molecular complexity index is 1070. The van der Waals surface area contributed by atoms with Gasteiger partial charge in [-0.25, -0.2) is 9.67 Å². The minimum atomic E-state index is -0.154. The van der Waals surface area contributed by atoms with E-state index in [2.05, 4.69) is 15.4 Å². The third-order valence-electron chi connectivity index (χ3n) is 3.90. The molecule has 0 spiro atoms. The molecule has 0 aliphatic rings. The fraction of sp³-hybridized carbons (Fsp3) is 0.105. The highest BCUT2D eigenvalue weighted by Crippen LogP contribution is 2.30. The van der Waals surface area contributed by atoms with Gasteiger partial charge in [0.15, 0.2) is 0 Å². The fourth-order valence-corrected chi connectivity index (χ4v) is 3.77. The number of para-hydroxylation sites is 1. The van der Waals surface area contributed by atoms with Crippen molar-refractivity contribution in [2.45, 2.75) is 13.8 Å². The number of carbonyl (C=O) groups excluding carboxylic acids is 1. The smallest absolute Gasteiger partial charge is 0.266 e. The summed E-state index contributed by atoms with van der Waals surface area (Å²) in [6.45, 7) is 3.85. The lowest BCUT2D eigenvalue weighted by Crippen LogP contribution is -2.11. The SMILES string of the molecule is Cc1cccc(NC(=O)c2cc3c(C)nn(-c4ccccc4)c3s2)n1. The third-order valence-corrected chi connectivity index (χ3v) is 5.01. The molecular weight excluding hydrogens is 332 g/mol. The number of hydrogen-bond acceptors (Lipinski definition) is 4. The van der Waals surface area contributed by atoms with E-state index in [9.17, 15) is 4.79 Å². The molecule has 1 N–H and O–H groups in total. The highest BCUT2D eigenvalue weighted by atomic mass is 32.1. The van der Waals surface area contributed by atoms with Gasteiger partial charge in [0.1, 0.15) is 10.6 Å². The van der Waals surface area contributed by atoms with Crippen molar-refractivity contribution >= 4 is 33.3 Å². The van der Waals surface area contributed by atoms with E-state index in [0.29, 0.717) is 10.7 Å². The largest absolute Gasteiger partial charge is 0.306 e. The van der Waals surface area contributed by atoms with Gasteiger partial charge in [-0.1, -0.05) is 24.3 Å². The summed E-state index contributed by atoms with van der Waals surface area (Å²) in [6.07, 6.45) is 0. The lowest BCUT2D eigenvalue weighted by Gasteiger charge is -2.03. The lowest BCUT2D eigenvalue weighted by atomic mass is 10.3. The first-order valence-corrected chi connectivity index (χ1v) is 8.73. The molecule has 3 aromatic heterocycles. The molecule has 0 aliphatic carbocycles. The van der Waals surface area contributed by atoms with Crippen molar-refractivity contribution in [2.24, 2.45) is 0 Å². The maximum absolute atomic E-state index is 12.6. The molecule has 6 heteroatoms. The van der Waals surface area contributed by atoms with E-state index < -0.39 is 0 Å². The number of pyridine rings is 1. The molecule has 0 bridgehead atoms. The quantitative estimate of drug-likeness (QED) is 0.599. The number of aryl methyl sites for hydroxylation is 2. The van der Waals surface area contributed by atoms with Crippen LogP contribution in [-0.2, 0) is 0 Å². The molecule has 0 saturated heterocycles. The Morgan fingerprint density at radius 2 is 1.88 bits per heavy atom. The standard InChI is InChI=1S/C19H16N4OS/c1-12-7-6-10-17(20-12)21-18(24)16-11-15-13(2)22-23(19(15)25-16)14-8-4-3-5-9-14/h3-11H,1-2H3,(H,20,21,24). The van der Waals surface area contributed by atoms with Crippen molar-refractivity contribution < 1.29 is 4.79 Å². The van der Waals surface area contributed by atoms with E-state index in [1.165, 1.54) is 11.3 Å². The predicted octanol–water partition coefficient (Wildman–Crippen LogP) is 4.35. The zero-order valence-electron chi connectivity index (χ0n) is 13.9. The van der Waals surface area contributed by atoms with E-state index in [1.807, 2.05) is 67.1 Å². The summed E-state index contributed by atoms with van der Waals surface area (Å²) in [7, 11) is 0. The van der Waals surface area contributed by atoms with Crippen LogP contribution in [0.1, 0.15) is 21.1 Å². The first-order valence-electron chi connectivity index (χ1n) is 7.91. The minimum Gasteiger partial charge on any atom is -0.306 e. The number of benzene rings is 1. The summed E-state index contributed by atoms with van der Waals surface area (Å²) in [4.78, 5) is 18.5. The van der Waals surface area contributed by atoms with Gasteiger partial charge in [-0.2, -0.15) is 5.10 Å². The van der Waals surface area contributed by atoms with Crippen LogP contribution in [0.15, 0.2) is 54.6 Å². The monoisotopic (exact) mass is 348 g/mol. The second-order valence-electron chi connectivity index (χ2n) is 5.78. The number of aromatic nitrogens is 3. The van der Waals surface area contributed by atoms with Crippen LogP contribution < -0.4 is 5.32 Å². The Morgan fingerprint density at radius 1 is 1.08 bits per heavy atom. The zero-order valence-corrected chi connectivity index (χ0v) is 14.7. The number of rotatable bonds is 3. The summed E-state index contributed by atoms with van der Waals surface area (Å²) < 4.78 is 1.89. The number of anilines is 1. The van der Waals surface area contributed by atoms with Crippen molar-refractivity contribution in [3.05, 3.63) is 70.9 Å². The molecule has 124 valence electrons. The summed E-state index contributed by atoms with van der Waals surface area (Å²) in [5, 5.41) is 8.45. The molecular formula is C19H16N4OS. The van der Waals surface area contributed by atoms with E-state index in [1.54, 1.807) is 6.07 Å². The molecule has 1 amide bonds. The van der Waals surface area contributed by atoms with Gasteiger partial charge in [0.05, 0.1) is 16.3 Å². The molecule has 25 heavy (non-hydrogen) atoms. The first-order chi connectivity index (χ1) is 12.1. The molecule has 1 aromatic carbocycles. The predicted molar refractivity (Wildman–Crippen MR) is 101 cm³/mol. The second kappa shape index (κ2) is 6.14. The minimum absolute atomic E-state index is 0.154. The van der Waals surface area contributed by atoms with Crippen LogP contribution in [0.5, 0.6) is 0 Å². The van der Waals surface area contributed by atoms with Crippen LogP contribution in [0.2, 0.25) is 0 Å². The van der Waals surface area contributed by atoms with E-state index in [-0.39, 0.29) is 5.91 Å². The Morgan fingerprint density at radius 3 is 2.64 bits per heavy atom. The van der Waals surface area contributed by atoms with Crippen LogP contribution in [0.3, 0.4) is 0 Å². The van der Waals surface area contributed by atoms with Gasteiger partial charge in [0.2, 0.25) is 0 Å². The molecule has 0 radical (unpaired) electrons. The number of amides is 1. The summed E-state index contributed by atoms with van der Waals surface area (Å²) in [5.74, 6) is 0.405. The van der Waals surface area contributed by atoms with E-state index in [4.69, 9.17) is 0 Å². The molecule has 0 fully saturated rings. The van der Waals surface area contributed by atoms with Gasteiger partial charge >= 0.3 is 0 Å². The molecule has 0 atom stereocenters. The first kappa shape index (κ1) is 15.5. The molecule has 0 aliphatic heterocycles. The normalized spacial score (nSPS) is 11.0. The summed E-state index contributed by atoms with van der Waals surface area (Å²) in [6, 6.07) is 17.4. The second-order valence-corrected chi connectivity index (χ2v) is 6.81. The number of nitrogens with zero attached hydrogens (tertiary/aromatic N) is 3. The van der Waals surface area contributed by atoms with Crippen molar-refractivity contribution in [1.82, 2.24) is 14.8 Å². The van der Waals surface area contributed by atoms with Gasteiger partial charge in [0.25, 0.3) is 5.91 Å². The number of hydrogen-bond donors (Lipinski definition) is 1. The van der Waals surface area contributed by atoms with E-state index >= 15 is 0 Å². The van der Waals surface area contributed by atoms with Gasteiger partial charge in [-0.15, -0.1) is 11.3 Å². The van der Waals surface area contributed by atoms with Gasteiger partial charge < -0.3 is 5.32 Å². The number of carbonyl (C=O) groups is 1. The summed E-state index contributed by atoms with van der Waals surface area (Å²) in [5.41, 5.74) is 2.75. The Hall–Kier alpha value is -2.99. The number of nitrogens with one attached hydrogen (secondary N) is 1. The van der Waals surface area contributed by atoms with Gasteiger partial charge in [0, 0.05) is 11.1 Å². The molecule has 4 aromatic rings. The Balaban J connectivity index is 1.71. The van der Waals surface area contributed by atoms with Crippen molar-refractivity contribution in [2.75, 3.05) is 5.32 Å². The maximum atomic E-state index is 12.6. The molecule has 3 heterocycles.